The van der Waals surface area contributed by atoms with Gasteiger partial charge in [-0.2, -0.15) is 0 Å². The van der Waals surface area contributed by atoms with Gasteiger partial charge in [-0.15, -0.1) is 0 Å². The molecule has 13 heavy (non-hydrogen) atoms. The van der Waals surface area contributed by atoms with Gasteiger partial charge in [0.1, 0.15) is 0 Å². The first kappa shape index (κ1) is 7.99. The van der Waals surface area contributed by atoms with Gasteiger partial charge in [0.15, 0.2) is 0 Å². The number of aromatic nitrogens is 1. The Morgan fingerprint density at radius 1 is 1.15 bits per heavy atom. The van der Waals surface area contributed by atoms with Crippen LogP contribution in [0.15, 0.2) is 42.7 Å². The van der Waals surface area contributed by atoms with E-state index in [1.54, 1.807) is 0 Å². The molecule has 0 bridgehead atoms. The van der Waals surface area contributed by atoms with Crippen molar-refractivity contribution in [2.45, 2.75) is 6.92 Å². The second-order valence-corrected chi connectivity index (χ2v) is 2.98. The van der Waals surface area contributed by atoms with Crippen molar-refractivity contribution in [1.29, 1.82) is 0 Å². The van der Waals surface area contributed by atoms with E-state index in [0.717, 1.165) is 0 Å². The van der Waals surface area contributed by atoms with Crippen molar-refractivity contribution in [3.8, 4) is 11.1 Å². The van der Waals surface area contributed by atoms with E-state index in [2.05, 4.69) is 24.0 Å². The maximum absolute atomic E-state index is 3.99. The van der Waals surface area contributed by atoms with Crippen molar-refractivity contribution in [3.05, 3.63) is 54.4 Å². The summed E-state index contributed by atoms with van der Waals surface area (Å²) in [5, 5.41) is 0. The van der Waals surface area contributed by atoms with E-state index in [9.17, 15) is 0 Å². The molecule has 0 saturated heterocycles. The normalized spacial score (nSPS) is 9.92. The summed E-state index contributed by atoms with van der Waals surface area (Å²) in [6.07, 6.45) is 3.62. The van der Waals surface area contributed by atoms with Gasteiger partial charge in [-0.1, -0.05) is 18.2 Å². The highest BCUT2D eigenvalue weighted by Crippen LogP contribution is 2.21. The van der Waals surface area contributed by atoms with E-state index in [1.807, 2.05) is 36.7 Å². The highest BCUT2D eigenvalue weighted by molar-refractivity contribution is 5.66. The van der Waals surface area contributed by atoms with Crippen LogP contribution in [0, 0.1) is 13.0 Å². The van der Waals surface area contributed by atoms with Gasteiger partial charge in [-0.25, -0.2) is 0 Å². The highest BCUT2D eigenvalue weighted by Gasteiger charge is 1.98. The van der Waals surface area contributed by atoms with Gasteiger partial charge < -0.3 is 0 Å². The minimum Gasteiger partial charge on any atom is -0.265 e. The van der Waals surface area contributed by atoms with Crippen LogP contribution in [0.3, 0.4) is 0 Å². The van der Waals surface area contributed by atoms with Crippen LogP contribution in [0.4, 0.5) is 0 Å². The molecule has 0 atom stereocenters. The van der Waals surface area contributed by atoms with Crippen molar-refractivity contribution >= 4 is 0 Å². The first-order valence-electron chi connectivity index (χ1n) is 4.25. The summed E-state index contributed by atoms with van der Waals surface area (Å²) in [6, 6.07) is 13.1. The molecule has 0 saturated carbocycles. The molecule has 0 aliphatic carbocycles. The van der Waals surface area contributed by atoms with Gasteiger partial charge in [-0.05, 0) is 41.8 Å². The number of hydrogen-bond donors (Lipinski definition) is 0. The molecule has 1 heterocycles. The summed E-state index contributed by atoms with van der Waals surface area (Å²) in [5.41, 5.74) is 3.70. The van der Waals surface area contributed by atoms with Crippen LogP contribution < -0.4 is 0 Å². The molecular weight excluding hydrogens is 158 g/mol. The standard InChI is InChI=1S/C12H10N/c1-10-4-2-3-5-12(10)11-6-8-13-9-7-11/h3-9H,1H3. The maximum Gasteiger partial charge on any atom is 0.0273 e. The maximum atomic E-state index is 3.99. The lowest BCUT2D eigenvalue weighted by Crippen LogP contribution is -1.82. The van der Waals surface area contributed by atoms with Crippen LogP contribution in [0.2, 0.25) is 0 Å². The summed E-state index contributed by atoms with van der Waals surface area (Å²) in [5.74, 6) is 0. The summed E-state index contributed by atoms with van der Waals surface area (Å²) in [7, 11) is 0. The Kier molecular flexibility index (Phi) is 2.09. The summed E-state index contributed by atoms with van der Waals surface area (Å²) in [6.45, 7) is 2.09. The summed E-state index contributed by atoms with van der Waals surface area (Å²) in [4.78, 5) is 3.99. The summed E-state index contributed by atoms with van der Waals surface area (Å²) >= 11 is 0. The molecule has 0 unspecified atom stereocenters. The number of hydrogen-bond acceptors (Lipinski definition) is 1. The minimum absolute atomic E-state index is 1.21. The zero-order valence-corrected chi connectivity index (χ0v) is 7.49. The van der Waals surface area contributed by atoms with E-state index in [4.69, 9.17) is 0 Å². The monoisotopic (exact) mass is 168 g/mol. The third kappa shape index (κ3) is 1.59. The number of benzene rings is 1. The van der Waals surface area contributed by atoms with Crippen LogP contribution in [0.5, 0.6) is 0 Å². The molecule has 2 aromatic rings. The third-order valence-corrected chi connectivity index (χ3v) is 2.06. The second-order valence-electron chi connectivity index (χ2n) is 2.98. The van der Waals surface area contributed by atoms with Crippen LogP contribution in [0.25, 0.3) is 11.1 Å². The SMILES string of the molecule is Cc1c[c]ccc1-c1ccncc1. The predicted octanol–water partition coefficient (Wildman–Crippen LogP) is 2.86. The minimum atomic E-state index is 1.21. The Morgan fingerprint density at radius 3 is 2.62 bits per heavy atom. The fourth-order valence-electron chi connectivity index (χ4n) is 1.37. The predicted molar refractivity (Wildman–Crippen MR) is 53.2 cm³/mol. The number of pyridine rings is 1. The Labute approximate surface area is 78.1 Å². The van der Waals surface area contributed by atoms with Gasteiger partial charge in [0.25, 0.3) is 0 Å². The third-order valence-electron chi connectivity index (χ3n) is 2.06. The van der Waals surface area contributed by atoms with Crippen molar-refractivity contribution in [2.24, 2.45) is 0 Å². The second kappa shape index (κ2) is 3.40. The molecule has 0 N–H and O–H groups in total. The van der Waals surface area contributed by atoms with Crippen LogP contribution in [0.1, 0.15) is 5.56 Å². The molecule has 1 nitrogen and oxygen atoms in total. The van der Waals surface area contributed by atoms with Crippen molar-refractivity contribution in [3.63, 3.8) is 0 Å². The smallest absolute Gasteiger partial charge is 0.0273 e. The fraction of sp³-hybridized carbons (Fsp3) is 0.0833. The van der Waals surface area contributed by atoms with Crippen LogP contribution in [-0.4, -0.2) is 4.98 Å². The van der Waals surface area contributed by atoms with Crippen LogP contribution in [-0.2, 0) is 0 Å². The zero-order chi connectivity index (χ0) is 9.10. The Balaban J connectivity index is 2.54. The first-order valence-corrected chi connectivity index (χ1v) is 4.25. The molecule has 2 rings (SSSR count). The molecule has 1 aromatic heterocycles. The van der Waals surface area contributed by atoms with Gasteiger partial charge >= 0.3 is 0 Å². The quantitative estimate of drug-likeness (QED) is 0.638. The van der Waals surface area contributed by atoms with Crippen molar-refractivity contribution in [1.82, 2.24) is 4.98 Å². The molecule has 0 fully saturated rings. The molecule has 1 heteroatoms. The highest BCUT2D eigenvalue weighted by atomic mass is 14.6. The Bertz CT molecular complexity index is 393. The molecule has 0 aliphatic heterocycles. The Hall–Kier alpha value is -1.63. The van der Waals surface area contributed by atoms with Crippen molar-refractivity contribution in [2.75, 3.05) is 0 Å². The lowest BCUT2D eigenvalue weighted by atomic mass is 10.0. The van der Waals surface area contributed by atoms with E-state index in [-0.39, 0.29) is 0 Å². The average molecular weight is 168 g/mol. The largest absolute Gasteiger partial charge is 0.265 e. The lowest BCUT2D eigenvalue weighted by molar-refractivity contribution is 1.32. The number of aryl methyl sites for hydroxylation is 1. The van der Waals surface area contributed by atoms with E-state index in [0.29, 0.717) is 0 Å². The van der Waals surface area contributed by atoms with E-state index >= 15 is 0 Å². The molecule has 0 aliphatic rings. The first-order chi connectivity index (χ1) is 6.38. The summed E-state index contributed by atoms with van der Waals surface area (Å²) < 4.78 is 0. The fourth-order valence-corrected chi connectivity index (χ4v) is 1.37. The average Bonchev–Trinajstić information content (AvgIpc) is 2.20. The van der Waals surface area contributed by atoms with Crippen LogP contribution >= 0.6 is 0 Å². The lowest BCUT2D eigenvalue weighted by Gasteiger charge is -2.03. The molecule has 1 aromatic carbocycles. The zero-order valence-electron chi connectivity index (χ0n) is 7.49. The number of rotatable bonds is 1. The van der Waals surface area contributed by atoms with Crippen molar-refractivity contribution < 1.29 is 0 Å². The molecule has 0 amide bonds. The number of nitrogens with zero attached hydrogens (tertiary/aromatic N) is 1. The van der Waals surface area contributed by atoms with Gasteiger partial charge in [0.2, 0.25) is 0 Å². The molecular formula is C12H10N. The van der Waals surface area contributed by atoms with E-state index < -0.39 is 0 Å². The van der Waals surface area contributed by atoms with E-state index in [1.165, 1.54) is 16.7 Å². The molecule has 0 spiro atoms. The molecule has 63 valence electrons. The van der Waals surface area contributed by atoms with Gasteiger partial charge in [0, 0.05) is 12.4 Å². The topological polar surface area (TPSA) is 12.9 Å². The van der Waals surface area contributed by atoms with Gasteiger partial charge in [-0.3, -0.25) is 4.98 Å². The van der Waals surface area contributed by atoms with Gasteiger partial charge in [0.05, 0.1) is 0 Å². The Morgan fingerprint density at radius 2 is 1.92 bits per heavy atom. The molecule has 1 radical (unpaired) electrons.